The summed E-state index contributed by atoms with van der Waals surface area (Å²) in [7, 11) is -4.25. The summed E-state index contributed by atoms with van der Waals surface area (Å²) < 4.78 is 0. The zero-order chi connectivity index (χ0) is 21.7. The van der Waals surface area contributed by atoms with Gasteiger partial charge in [0, 0.05) is 0 Å². The van der Waals surface area contributed by atoms with E-state index in [2.05, 4.69) is 141 Å². The third-order valence-corrected chi connectivity index (χ3v) is 48.0. The van der Waals surface area contributed by atoms with E-state index in [4.69, 9.17) is 0 Å². The van der Waals surface area contributed by atoms with Crippen molar-refractivity contribution >= 4 is 52.0 Å². The van der Waals surface area contributed by atoms with Crippen molar-refractivity contribution in [2.24, 2.45) is 0 Å². The van der Waals surface area contributed by atoms with Crippen molar-refractivity contribution in [2.45, 2.75) is 19.6 Å². The van der Waals surface area contributed by atoms with Gasteiger partial charge in [0.1, 0.15) is 16.9 Å². The second-order valence-corrected chi connectivity index (χ2v) is 35.4. The SMILES string of the molecule is C[Si](C)(C)P([SiH](c1ccccc1)c1ccccc1)[SiH](c1ccccc1)c1ccccc1. The van der Waals surface area contributed by atoms with E-state index in [1.54, 1.807) is 20.7 Å². The Morgan fingerprint density at radius 2 is 0.645 bits per heavy atom. The minimum Gasteiger partial charge on any atom is -0.128 e. The maximum atomic E-state index is 2.64. The number of hydrogen-bond donors (Lipinski definition) is 0. The summed E-state index contributed by atoms with van der Waals surface area (Å²) in [6.07, 6.45) is 0. The molecular formula is C27H31PSi3. The van der Waals surface area contributed by atoms with E-state index >= 15 is 0 Å². The Hall–Kier alpha value is -2.04. The highest BCUT2D eigenvalue weighted by molar-refractivity contribution is 8.36. The second-order valence-electron chi connectivity index (χ2n) is 9.03. The van der Waals surface area contributed by atoms with Gasteiger partial charge in [0.05, 0.1) is 7.74 Å². The van der Waals surface area contributed by atoms with Gasteiger partial charge in [-0.2, -0.15) is 0 Å². The lowest BCUT2D eigenvalue weighted by Gasteiger charge is -2.42. The molecule has 156 valence electrons. The normalized spacial score (nSPS) is 11.9. The van der Waals surface area contributed by atoms with Crippen LogP contribution < -0.4 is 20.7 Å². The average Bonchev–Trinajstić information content (AvgIpc) is 2.81. The van der Waals surface area contributed by atoms with Gasteiger partial charge in [0.25, 0.3) is 0 Å². The molecule has 0 spiro atoms. The Balaban J connectivity index is 1.97. The predicted molar refractivity (Wildman–Crippen MR) is 149 cm³/mol. The lowest BCUT2D eigenvalue weighted by Crippen LogP contribution is -2.55. The highest BCUT2D eigenvalue weighted by Gasteiger charge is 2.42. The molecule has 4 heteroatoms. The van der Waals surface area contributed by atoms with Crippen LogP contribution in [0.25, 0.3) is 0 Å². The minimum absolute atomic E-state index is 0.117. The van der Waals surface area contributed by atoms with Gasteiger partial charge in [-0.05, 0) is 0 Å². The Morgan fingerprint density at radius 3 is 0.839 bits per heavy atom. The molecule has 0 saturated heterocycles. The van der Waals surface area contributed by atoms with E-state index in [1.807, 2.05) is 0 Å². The Kier molecular flexibility index (Phi) is 7.19. The van der Waals surface area contributed by atoms with E-state index in [0.29, 0.717) is 0 Å². The molecule has 4 aromatic rings. The fraction of sp³-hybridized carbons (Fsp3) is 0.111. The molecular weight excluding hydrogens is 440 g/mol. The summed E-state index contributed by atoms with van der Waals surface area (Å²) in [4.78, 5) is 0. The summed E-state index contributed by atoms with van der Waals surface area (Å²) in [5, 5.41) is 6.47. The molecule has 0 unspecified atom stereocenters. The number of rotatable bonds is 7. The van der Waals surface area contributed by atoms with Crippen LogP contribution in [0.1, 0.15) is 0 Å². The highest BCUT2D eigenvalue weighted by atomic mass is 31.8. The summed E-state index contributed by atoms with van der Waals surface area (Å²) in [6, 6.07) is 46.0. The molecule has 0 heterocycles. The number of benzene rings is 4. The van der Waals surface area contributed by atoms with Gasteiger partial charge in [0.2, 0.25) is 0 Å². The van der Waals surface area contributed by atoms with Crippen molar-refractivity contribution < 1.29 is 0 Å². The molecule has 4 aromatic carbocycles. The fourth-order valence-electron chi connectivity index (χ4n) is 4.49. The van der Waals surface area contributed by atoms with Crippen LogP contribution in [0.3, 0.4) is 0 Å². The van der Waals surface area contributed by atoms with Crippen molar-refractivity contribution in [3.63, 3.8) is 0 Å². The molecule has 0 amide bonds. The fourth-order valence-corrected chi connectivity index (χ4v) is 50.4. The summed E-state index contributed by atoms with van der Waals surface area (Å²) in [5.74, 6) is 0. The summed E-state index contributed by atoms with van der Waals surface area (Å²) in [5.41, 5.74) is 0. The Morgan fingerprint density at radius 1 is 0.419 bits per heavy atom. The first-order valence-corrected chi connectivity index (χ1v) is 22.3. The van der Waals surface area contributed by atoms with Crippen LogP contribution in [0.2, 0.25) is 19.6 Å². The molecule has 0 aromatic heterocycles. The molecule has 0 radical (unpaired) electrons. The van der Waals surface area contributed by atoms with E-state index < -0.39 is 24.7 Å². The van der Waals surface area contributed by atoms with Crippen LogP contribution in [-0.2, 0) is 0 Å². The molecule has 4 rings (SSSR count). The van der Waals surface area contributed by atoms with Crippen molar-refractivity contribution in [1.29, 1.82) is 0 Å². The average molecular weight is 471 g/mol. The molecule has 31 heavy (non-hydrogen) atoms. The first kappa shape index (κ1) is 22.2. The monoisotopic (exact) mass is 470 g/mol. The van der Waals surface area contributed by atoms with Gasteiger partial charge < -0.3 is 0 Å². The maximum absolute atomic E-state index is 2.64. The highest BCUT2D eigenvalue weighted by Crippen LogP contribution is 2.50. The van der Waals surface area contributed by atoms with Crippen molar-refractivity contribution in [1.82, 2.24) is 0 Å². The molecule has 0 N–H and O–H groups in total. The Bertz CT molecular complexity index is 903. The Labute approximate surface area is 192 Å². The first-order chi connectivity index (χ1) is 15.1. The minimum atomic E-state index is -1.46. The quantitative estimate of drug-likeness (QED) is 0.278. The standard InChI is InChI=1S/C27H31PSi3/c1-31(2,3)28(29(24-16-8-4-9-17-24)25-18-10-5-11-19-25)30(26-20-12-6-13-21-26)27-22-14-7-15-23-27/h4-23,29-30H,1-3H3. The van der Waals surface area contributed by atoms with Crippen LogP contribution in [-0.4, -0.2) is 24.7 Å². The van der Waals surface area contributed by atoms with Crippen LogP contribution in [0, 0.1) is 0 Å². The van der Waals surface area contributed by atoms with Crippen molar-refractivity contribution in [3.05, 3.63) is 121 Å². The van der Waals surface area contributed by atoms with Crippen molar-refractivity contribution in [2.75, 3.05) is 0 Å². The van der Waals surface area contributed by atoms with E-state index in [1.165, 1.54) is 0 Å². The van der Waals surface area contributed by atoms with Gasteiger partial charge in [-0.15, -0.1) is 6.57 Å². The van der Waals surface area contributed by atoms with Gasteiger partial charge >= 0.3 is 0 Å². The van der Waals surface area contributed by atoms with Crippen LogP contribution in [0.15, 0.2) is 121 Å². The van der Waals surface area contributed by atoms with E-state index in [-0.39, 0.29) is 6.57 Å². The molecule has 0 aliphatic heterocycles. The lowest BCUT2D eigenvalue weighted by atomic mass is 10.4. The van der Waals surface area contributed by atoms with E-state index in [0.717, 1.165) is 0 Å². The number of hydrogen-bond acceptors (Lipinski definition) is 0. The largest absolute Gasteiger partial charge is 0.128 e. The predicted octanol–water partition coefficient (Wildman–Crippen LogP) is 4.38. The molecule has 0 nitrogen and oxygen atoms in total. The molecule has 0 aliphatic carbocycles. The zero-order valence-electron chi connectivity index (χ0n) is 18.6. The van der Waals surface area contributed by atoms with Gasteiger partial charge in [-0.1, -0.05) is 162 Å². The molecule has 0 atom stereocenters. The lowest BCUT2D eigenvalue weighted by molar-refractivity contribution is 1.74. The first-order valence-electron chi connectivity index (χ1n) is 11.0. The van der Waals surface area contributed by atoms with E-state index in [9.17, 15) is 0 Å². The van der Waals surface area contributed by atoms with Crippen molar-refractivity contribution in [3.8, 4) is 0 Å². The molecule has 0 fully saturated rings. The second kappa shape index (κ2) is 10.1. The topological polar surface area (TPSA) is 0 Å². The van der Waals surface area contributed by atoms with Crippen LogP contribution in [0.4, 0.5) is 0 Å². The smallest absolute Gasteiger partial charge is 0.121 e. The molecule has 0 saturated carbocycles. The van der Waals surface area contributed by atoms with Crippen LogP contribution in [0.5, 0.6) is 0 Å². The van der Waals surface area contributed by atoms with Crippen LogP contribution >= 0.6 is 6.57 Å². The summed E-state index contributed by atoms with van der Waals surface area (Å²) in [6.45, 7) is 7.79. The zero-order valence-corrected chi connectivity index (χ0v) is 22.9. The van der Waals surface area contributed by atoms with Gasteiger partial charge in [0.15, 0.2) is 0 Å². The third kappa shape index (κ3) is 5.24. The maximum Gasteiger partial charge on any atom is 0.121 e. The molecule has 0 bridgehead atoms. The molecule has 0 aliphatic rings. The van der Waals surface area contributed by atoms with Gasteiger partial charge in [-0.25, -0.2) is 0 Å². The third-order valence-electron chi connectivity index (χ3n) is 5.79. The van der Waals surface area contributed by atoms with Gasteiger partial charge in [-0.3, -0.25) is 0 Å². The summed E-state index contributed by atoms with van der Waals surface area (Å²) >= 11 is 0.